The van der Waals surface area contributed by atoms with Gasteiger partial charge >= 0.3 is 0 Å². The highest BCUT2D eigenvalue weighted by molar-refractivity contribution is 6.70. The van der Waals surface area contributed by atoms with Crippen molar-refractivity contribution in [2.45, 2.75) is 57.3 Å². The van der Waals surface area contributed by atoms with Gasteiger partial charge in [-0.1, -0.05) is 32.1 Å². The molecule has 0 spiro atoms. The van der Waals surface area contributed by atoms with Crippen molar-refractivity contribution in [3.63, 3.8) is 0 Å². The highest BCUT2D eigenvalue weighted by atomic mass is 16.5. The van der Waals surface area contributed by atoms with Gasteiger partial charge in [0.05, 0.1) is 17.6 Å². The second-order valence-corrected chi connectivity index (χ2v) is 10.1. The Bertz CT molecular complexity index is 1240. The van der Waals surface area contributed by atoms with Gasteiger partial charge in [-0.2, -0.15) is 0 Å². The lowest BCUT2D eigenvalue weighted by atomic mass is 9.35. The average molecular weight is 512 g/mol. The van der Waals surface area contributed by atoms with E-state index < -0.39 is 0 Å². The molecule has 0 aromatic carbocycles. The third kappa shape index (κ3) is 7.59. The maximum atomic E-state index is 8.85. The molecule has 9 nitrogen and oxygen atoms in total. The molecule has 2 aromatic rings. The van der Waals surface area contributed by atoms with Crippen LogP contribution in [0.2, 0.25) is 12.6 Å². The lowest BCUT2D eigenvalue weighted by Gasteiger charge is -2.28. The van der Waals surface area contributed by atoms with Gasteiger partial charge in [0.1, 0.15) is 11.6 Å². The number of allylic oxidation sites excluding steroid dienone is 3. The Hall–Kier alpha value is -3.84. The Morgan fingerprint density at radius 2 is 2.05 bits per heavy atom. The molecular formula is C28H37BN8O. The molecule has 3 heterocycles. The van der Waals surface area contributed by atoms with Crippen molar-refractivity contribution < 1.29 is 4.74 Å². The summed E-state index contributed by atoms with van der Waals surface area (Å²) in [5.41, 5.74) is 16.1. The van der Waals surface area contributed by atoms with Gasteiger partial charge in [-0.3, -0.25) is 4.98 Å². The van der Waals surface area contributed by atoms with E-state index in [1.54, 1.807) is 18.6 Å². The van der Waals surface area contributed by atoms with Crippen LogP contribution in [0.4, 0.5) is 5.82 Å². The predicted octanol–water partition coefficient (Wildman–Crippen LogP) is 4.19. The summed E-state index contributed by atoms with van der Waals surface area (Å²) in [6.45, 7) is 1.30. The first-order valence-electron chi connectivity index (χ1n) is 13.4. The van der Waals surface area contributed by atoms with Crippen molar-refractivity contribution in [1.82, 2.24) is 15.3 Å². The standard InChI is InChI=1S/C28H37BN8O/c30-15-21(10-20-4-2-1-3-5-20)11-27(33)37-28-7-6-25-26(36-28)12-22(18-35-25)23(16-31)17-34-8-9-38-24-13-29(14-24)19-32/h6-7,11-12,15-18,20,24,31,34H,1-5,8-10,13-14,30,33H2,(H,36,37)/b21-15-,23-17+,27-11+,31-16?. The Labute approximate surface area is 225 Å². The van der Waals surface area contributed by atoms with Crippen LogP contribution in [0.5, 0.6) is 0 Å². The SMILES string of the molecule is N#CB1CC(OCCN/C=C(\C=N)c2cnc3ccc(N/C(N)=C/C(=C\N)CC4CCCCC4)nc3c2)C1. The second-order valence-electron chi connectivity index (χ2n) is 10.1. The number of ether oxygens (including phenoxy) is 1. The van der Waals surface area contributed by atoms with Crippen molar-refractivity contribution in [1.29, 1.82) is 10.7 Å². The van der Waals surface area contributed by atoms with Crippen molar-refractivity contribution in [3.8, 4) is 5.97 Å². The molecule has 1 saturated heterocycles. The van der Waals surface area contributed by atoms with E-state index in [1.807, 2.05) is 24.3 Å². The first-order chi connectivity index (χ1) is 18.6. The number of nitrogens with one attached hydrogen (secondary N) is 3. The quantitative estimate of drug-likeness (QED) is 0.123. The molecular weight excluding hydrogens is 475 g/mol. The minimum absolute atomic E-state index is 0.140. The molecule has 4 rings (SSSR count). The number of anilines is 1. The zero-order valence-corrected chi connectivity index (χ0v) is 21.8. The summed E-state index contributed by atoms with van der Waals surface area (Å²) < 4.78 is 5.75. The van der Waals surface area contributed by atoms with Crippen LogP contribution in [0.1, 0.15) is 44.1 Å². The van der Waals surface area contributed by atoms with Gasteiger partial charge in [0.2, 0.25) is 0 Å². The molecule has 198 valence electrons. The van der Waals surface area contributed by atoms with E-state index in [0.717, 1.165) is 35.7 Å². The van der Waals surface area contributed by atoms with Crippen LogP contribution < -0.4 is 22.1 Å². The van der Waals surface area contributed by atoms with Gasteiger partial charge in [0.25, 0.3) is 6.71 Å². The molecule has 0 atom stereocenters. The van der Waals surface area contributed by atoms with E-state index in [2.05, 4.69) is 26.6 Å². The first-order valence-corrected chi connectivity index (χ1v) is 13.4. The highest BCUT2D eigenvalue weighted by Crippen LogP contribution is 2.29. The number of hydrogen-bond donors (Lipinski definition) is 5. The molecule has 0 amide bonds. The van der Waals surface area contributed by atoms with Crippen molar-refractivity contribution in [2.24, 2.45) is 17.4 Å². The molecule has 10 heteroatoms. The Morgan fingerprint density at radius 3 is 2.79 bits per heavy atom. The predicted molar refractivity (Wildman–Crippen MR) is 154 cm³/mol. The smallest absolute Gasteiger partial charge is 0.272 e. The van der Waals surface area contributed by atoms with Crippen LogP contribution in [0, 0.1) is 22.6 Å². The molecule has 38 heavy (non-hydrogen) atoms. The first kappa shape index (κ1) is 27.2. The summed E-state index contributed by atoms with van der Waals surface area (Å²) in [6, 6.07) is 5.65. The van der Waals surface area contributed by atoms with Crippen LogP contribution in [0.25, 0.3) is 16.6 Å². The van der Waals surface area contributed by atoms with Crippen LogP contribution in [-0.4, -0.2) is 42.2 Å². The maximum Gasteiger partial charge on any atom is 0.272 e. The molecule has 2 fully saturated rings. The summed E-state index contributed by atoms with van der Waals surface area (Å²) in [6.07, 6.45) is 17.5. The molecule has 7 N–H and O–H groups in total. The Balaban J connectivity index is 1.35. The molecule has 0 radical (unpaired) electrons. The minimum Gasteiger partial charge on any atom is -0.404 e. The number of fused-ring (bicyclic) bond motifs is 1. The fraction of sp³-hybridized carbons (Fsp3) is 0.429. The van der Waals surface area contributed by atoms with Crippen molar-refractivity contribution in [3.05, 3.63) is 59.8 Å². The Kier molecular flexibility index (Phi) is 9.76. The third-order valence-electron chi connectivity index (χ3n) is 7.24. The summed E-state index contributed by atoms with van der Waals surface area (Å²) in [4.78, 5) is 9.20. The fourth-order valence-corrected chi connectivity index (χ4v) is 5.00. The number of nitrogens with zero attached hydrogens (tertiary/aromatic N) is 3. The van der Waals surface area contributed by atoms with E-state index in [-0.39, 0.29) is 12.8 Å². The van der Waals surface area contributed by atoms with E-state index in [1.165, 1.54) is 38.3 Å². The average Bonchev–Trinajstić information content (AvgIpc) is 2.91. The number of hydrogen-bond acceptors (Lipinski definition) is 9. The summed E-state index contributed by atoms with van der Waals surface area (Å²) >= 11 is 0. The number of nitrogens with two attached hydrogens (primary N) is 2. The zero-order valence-electron chi connectivity index (χ0n) is 21.8. The number of pyridine rings is 2. The largest absolute Gasteiger partial charge is 0.404 e. The van der Waals surface area contributed by atoms with Crippen LogP contribution in [0.3, 0.4) is 0 Å². The molecule has 1 saturated carbocycles. The lowest BCUT2D eigenvalue weighted by molar-refractivity contribution is 0.0704. The van der Waals surface area contributed by atoms with Gasteiger partial charge in [-0.05, 0) is 61.0 Å². The van der Waals surface area contributed by atoms with Crippen LogP contribution in [-0.2, 0) is 4.74 Å². The van der Waals surface area contributed by atoms with Crippen molar-refractivity contribution in [2.75, 3.05) is 18.5 Å². The number of nitriles is 1. The third-order valence-corrected chi connectivity index (χ3v) is 7.24. The molecule has 1 aliphatic heterocycles. The van der Waals surface area contributed by atoms with E-state index >= 15 is 0 Å². The molecule has 0 bridgehead atoms. The minimum atomic E-state index is 0.140. The number of rotatable bonds is 12. The summed E-state index contributed by atoms with van der Waals surface area (Å²) in [7, 11) is 0. The zero-order chi connectivity index (χ0) is 26.7. The van der Waals surface area contributed by atoms with E-state index in [9.17, 15) is 0 Å². The maximum absolute atomic E-state index is 8.85. The fourth-order valence-electron chi connectivity index (χ4n) is 5.00. The molecule has 2 aromatic heterocycles. The van der Waals surface area contributed by atoms with E-state index in [0.29, 0.717) is 41.8 Å². The second kappa shape index (κ2) is 13.6. The normalized spacial score (nSPS) is 17.7. The Morgan fingerprint density at radius 1 is 1.24 bits per heavy atom. The van der Waals surface area contributed by atoms with Gasteiger partial charge < -0.3 is 32.2 Å². The van der Waals surface area contributed by atoms with Gasteiger partial charge in [0, 0.05) is 48.4 Å². The van der Waals surface area contributed by atoms with Crippen LogP contribution >= 0.6 is 0 Å². The summed E-state index contributed by atoms with van der Waals surface area (Å²) in [5.74, 6) is 4.04. The van der Waals surface area contributed by atoms with E-state index in [4.69, 9.17) is 26.9 Å². The van der Waals surface area contributed by atoms with Gasteiger partial charge in [-0.25, -0.2) is 10.2 Å². The van der Waals surface area contributed by atoms with Crippen molar-refractivity contribution >= 4 is 35.4 Å². The van der Waals surface area contributed by atoms with Crippen LogP contribution in [0.15, 0.2) is 54.3 Å². The highest BCUT2D eigenvalue weighted by Gasteiger charge is 2.33. The topological polar surface area (TPSA) is 159 Å². The molecule has 1 aliphatic carbocycles. The number of aromatic nitrogens is 2. The molecule has 2 aliphatic rings. The summed E-state index contributed by atoms with van der Waals surface area (Å²) in [5, 5.41) is 23.1. The monoisotopic (exact) mass is 512 g/mol. The lowest BCUT2D eigenvalue weighted by Crippen LogP contribution is -2.37. The van der Waals surface area contributed by atoms with Gasteiger partial charge in [-0.15, -0.1) is 0 Å². The molecule has 0 unspecified atom stereocenters. The van der Waals surface area contributed by atoms with Gasteiger partial charge in [0.15, 0.2) is 0 Å².